The number of aromatic amines is 1. The lowest BCUT2D eigenvalue weighted by Crippen LogP contribution is -2.43. The highest BCUT2D eigenvalue weighted by Gasteiger charge is 2.25. The Morgan fingerprint density at radius 1 is 0.980 bits per heavy atom. The number of aromatic nitrogens is 3. The summed E-state index contributed by atoms with van der Waals surface area (Å²) in [5.74, 6) is -2.31. The molecule has 5 rings (SSSR count). The number of halogens is 3. The fourth-order valence-corrected chi connectivity index (χ4v) is 4.29. The highest BCUT2D eigenvalue weighted by Crippen LogP contribution is 2.35. The van der Waals surface area contributed by atoms with E-state index in [1.54, 1.807) is 21.0 Å². The van der Waals surface area contributed by atoms with Crippen molar-refractivity contribution in [2.75, 3.05) is 57.7 Å². The van der Waals surface area contributed by atoms with Gasteiger partial charge >= 0.3 is 0 Å². The van der Waals surface area contributed by atoms with E-state index >= 15 is 4.39 Å². The number of rotatable bonds is 6. The SMILES string of the molecule is C/C=C/C.CC.CC.CCC.CF.Cc1cc2c(F)c(Oc3ncnc(Nc4ccc(N5CCNCC5)cc4)c3C(=O)N(C)C)cc(F)c2[nH]1. The van der Waals surface area contributed by atoms with Crippen LogP contribution in [0.3, 0.4) is 0 Å². The molecule has 0 atom stereocenters. The highest BCUT2D eigenvalue weighted by molar-refractivity contribution is 6.01. The first-order chi connectivity index (χ1) is 24.1. The predicted molar refractivity (Wildman–Crippen MR) is 204 cm³/mol. The minimum atomic E-state index is -0.763. The summed E-state index contributed by atoms with van der Waals surface area (Å²) in [5.41, 5.74) is 2.42. The summed E-state index contributed by atoms with van der Waals surface area (Å²) in [5, 5.41) is 6.52. The fraction of sp³-hybridized carbons (Fsp3) is 0.447. The summed E-state index contributed by atoms with van der Waals surface area (Å²) in [7, 11) is 3.64. The number of nitrogens with one attached hydrogen (secondary N) is 3. The van der Waals surface area contributed by atoms with E-state index in [4.69, 9.17) is 4.74 Å². The summed E-state index contributed by atoms with van der Waals surface area (Å²) in [6.07, 6.45) is 6.45. The molecule has 2 aromatic heterocycles. The number of hydrogen-bond donors (Lipinski definition) is 3. The Balaban J connectivity index is 0.00000163. The Kier molecular flexibility index (Phi) is 23.1. The van der Waals surface area contributed by atoms with Gasteiger partial charge in [0.05, 0.1) is 12.7 Å². The molecular formula is C38H58F3N7O2. The van der Waals surface area contributed by atoms with Gasteiger partial charge in [-0.1, -0.05) is 60.1 Å². The van der Waals surface area contributed by atoms with E-state index in [1.165, 1.54) is 23.7 Å². The largest absolute Gasteiger partial charge is 0.435 e. The zero-order chi connectivity index (χ0) is 38.2. The Bertz CT molecular complexity index is 1550. The van der Waals surface area contributed by atoms with E-state index in [0.29, 0.717) is 18.6 Å². The number of benzene rings is 2. The van der Waals surface area contributed by atoms with Gasteiger partial charge in [0.15, 0.2) is 23.2 Å². The Morgan fingerprint density at radius 2 is 1.54 bits per heavy atom. The number of H-pyrrole nitrogens is 1. The summed E-state index contributed by atoms with van der Waals surface area (Å²) >= 11 is 0. The normalized spacial score (nSPS) is 11.5. The molecule has 1 aliphatic heterocycles. The van der Waals surface area contributed by atoms with Crippen molar-refractivity contribution in [1.82, 2.24) is 25.2 Å². The lowest BCUT2D eigenvalue weighted by atomic mass is 10.2. The molecule has 1 fully saturated rings. The molecular weight excluding hydrogens is 643 g/mol. The highest BCUT2D eigenvalue weighted by atomic mass is 19.1. The minimum Gasteiger partial charge on any atom is -0.435 e. The summed E-state index contributed by atoms with van der Waals surface area (Å²) in [4.78, 5) is 27.9. The quantitative estimate of drug-likeness (QED) is 0.172. The first-order valence-electron chi connectivity index (χ1n) is 17.1. The Hall–Kier alpha value is -4.58. The molecule has 0 spiro atoms. The number of piperazine rings is 1. The van der Waals surface area contributed by atoms with Gasteiger partial charge in [-0.25, -0.2) is 18.7 Å². The van der Waals surface area contributed by atoms with Crippen molar-refractivity contribution in [2.45, 2.75) is 68.7 Å². The predicted octanol–water partition coefficient (Wildman–Crippen LogP) is 9.83. The van der Waals surface area contributed by atoms with Crippen LogP contribution in [0.2, 0.25) is 0 Å². The number of aryl methyl sites for hydroxylation is 1. The first kappa shape index (κ1) is 45.4. The van der Waals surface area contributed by atoms with Crippen molar-refractivity contribution in [3.63, 3.8) is 0 Å². The van der Waals surface area contributed by atoms with Gasteiger partial charge in [-0.15, -0.1) is 0 Å². The van der Waals surface area contributed by atoms with Gasteiger partial charge in [0.1, 0.15) is 11.9 Å². The molecule has 2 aromatic carbocycles. The number of allylic oxidation sites excluding steroid dienone is 2. The molecule has 0 saturated carbocycles. The molecule has 12 heteroatoms. The Morgan fingerprint density at radius 3 is 2.06 bits per heavy atom. The van der Waals surface area contributed by atoms with E-state index < -0.39 is 17.5 Å². The van der Waals surface area contributed by atoms with Crippen molar-refractivity contribution in [2.24, 2.45) is 0 Å². The van der Waals surface area contributed by atoms with Crippen LogP contribution in [0, 0.1) is 18.6 Å². The van der Waals surface area contributed by atoms with E-state index in [1.807, 2.05) is 78.0 Å². The molecule has 50 heavy (non-hydrogen) atoms. The van der Waals surface area contributed by atoms with E-state index in [2.05, 4.69) is 44.3 Å². The van der Waals surface area contributed by atoms with Crippen molar-refractivity contribution >= 4 is 34.0 Å². The number of hydrogen-bond acceptors (Lipinski definition) is 7. The number of alkyl halides is 1. The van der Waals surface area contributed by atoms with Gasteiger partial charge in [-0.05, 0) is 51.1 Å². The van der Waals surface area contributed by atoms with Gasteiger partial charge in [0, 0.05) is 68.8 Å². The second kappa shape index (κ2) is 25.4. The van der Waals surface area contributed by atoms with E-state index in [9.17, 15) is 13.6 Å². The molecule has 0 bridgehead atoms. The van der Waals surface area contributed by atoms with Crippen molar-refractivity contribution in [3.8, 4) is 11.6 Å². The van der Waals surface area contributed by atoms with Crippen LogP contribution in [0.1, 0.15) is 77.9 Å². The van der Waals surface area contributed by atoms with E-state index in [-0.39, 0.29) is 33.9 Å². The zero-order valence-corrected chi connectivity index (χ0v) is 32.0. The molecule has 0 unspecified atom stereocenters. The third kappa shape index (κ3) is 13.4. The number of carbonyl (C=O) groups is 1. The summed E-state index contributed by atoms with van der Waals surface area (Å²) in [6, 6.07) is 10.2. The number of nitrogens with zero attached hydrogens (tertiary/aromatic N) is 4. The molecule has 278 valence electrons. The third-order valence-corrected chi connectivity index (χ3v) is 6.49. The third-order valence-electron chi connectivity index (χ3n) is 6.49. The number of fused-ring (bicyclic) bond motifs is 1. The second-order valence-electron chi connectivity index (χ2n) is 10.4. The van der Waals surface area contributed by atoms with Crippen LogP contribution >= 0.6 is 0 Å². The molecule has 0 radical (unpaired) electrons. The van der Waals surface area contributed by atoms with Crippen LogP contribution in [0.25, 0.3) is 10.9 Å². The lowest BCUT2D eigenvalue weighted by Gasteiger charge is -2.29. The number of ether oxygens (including phenoxy) is 1. The summed E-state index contributed by atoms with van der Waals surface area (Å²) < 4.78 is 45.1. The molecule has 9 nitrogen and oxygen atoms in total. The van der Waals surface area contributed by atoms with Crippen molar-refractivity contribution in [3.05, 3.63) is 77.8 Å². The smallest absolute Gasteiger partial charge is 0.262 e. The van der Waals surface area contributed by atoms with Crippen LogP contribution < -0.4 is 20.3 Å². The molecule has 0 aliphatic carbocycles. The maximum absolute atomic E-state index is 15.2. The molecule has 1 amide bonds. The van der Waals surface area contributed by atoms with E-state index in [0.717, 1.165) is 37.9 Å². The van der Waals surface area contributed by atoms with Crippen LogP contribution in [0.5, 0.6) is 11.6 Å². The molecule has 1 saturated heterocycles. The van der Waals surface area contributed by atoms with Crippen molar-refractivity contribution in [1.29, 1.82) is 0 Å². The molecule has 1 aliphatic rings. The van der Waals surface area contributed by atoms with Gasteiger partial charge in [-0.3, -0.25) is 9.18 Å². The minimum absolute atomic E-state index is 0.0103. The summed E-state index contributed by atoms with van der Waals surface area (Å²) in [6.45, 7) is 21.7. The standard InChI is InChI=1S/C26H27F2N7O2.C4H8.C3H8.2C2H6.CH3F/c1-15-12-18-22(28)20(13-19(27)23(18)32-15)37-25-21(26(36)34(2)3)24(30-14-31-25)33-16-4-6-17(7-5-16)35-10-8-29-9-11-35;1-3-4-2;1-3-2;3*1-2/h4-7,12-14,29,32H,8-11H2,1-3H3,(H,30,31,33);3-4H,1-2H3;3H2,1-2H3;2*1-2H3;1H3/b;4-3+;;;;. The topological polar surface area (TPSA) is 98.4 Å². The molecule has 3 N–H and O–H groups in total. The maximum Gasteiger partial charge on any atom is 0.262 e. The molecule has 4 aromatic rings. The van der Waals surface area contributed by atoms with Gasteiger partial charge < -0.3 is 30.2 Å². The maximum atomic E-state index is 15.2. The van der Waals surface area contributed by atoms with Crippen LogP contribution in [0.15, 0.2) is 54.9 Å². The van der Waals surface area contributed by atoms with Crippen LogP contribution in [-0.2, 0) is 0 Å². The number of carbonyl (C=O) groups excluding carboxylic acids is 1. The monoisotopic (exact) mass is 701 g/mol. The van der Waals surface area contributed by atoms with Crippen LogP contribution in [0.4, 0.5) is 30.4 Å². The second-order valence-corrected chi connectivity index (χ2v) is 10.4. The fourth-order valence-electron chi connectivity index (χ4n) is 4.29. The van der Waals surface area contributed by atoms with Gasteiger partial charge in [0.2, 0.25) is 5.88 Å². The number of amides is 1. The van der Waals surface area contributed by atoms with Gasteiger partial charge in [0.25, 0.3) is 5.91 Å². The van der Waals surface area contributed by atoms with Gasteiger partial charge in [-0.2, -0.15) is 0 Å². The van der Waals surface area contributed by atoms with Crippen LogP contribution in [-0.4, -0.2) is 73.2 Å². The molecule has 3 heterocycles. The lowest BCUT2D eigenvalue weighted by molar-refractivity contribution is 0.0824. The Labute approximate surface area is 297 Å². The number of anilines is 3. The average molecular weight is 702 g/mol. The zero-order valence-electron chi connectivity index (χ0n) is 32.0. The average Bonchev–Trinajstić information content (AvgIpc) is 3.56. The first-order valence-corrected chi connectivity index (χ1v) is 17.1. The van der Waals surface area contributed by atoms with Crippen molar-refractivity contribution < 1.29 is 22.7 Å².